The number of hydrogen-bond donors (Lipinski definition) is 0. The molecule has 1 radical (unpaired) electrons. The highest BCUT2D eigenvalue weighted by Crippen LogP contribution is 2.26. The molecule has 0 rings (SSSR count). The fraction of sp³-hybridized carbons (Fsp3) is 1.00. The third-order valence-corrected chi connectivity index (χ3v) is 5.23. The van der Waals surface area contributed by atoms with Crippen LogP contribution < -0.4 is 0 Å². The van der Waals surface area contributed by atoms with Crippen LogP contribution in [0, 0.1) is 0 Å². The van der Waals surface area contributed by atoms with Crippen molar-refractivity contribution in [3.8, 4) is 0 Å². The van der Waals surface area contributed by atoms with E-state index < -0.39 is 0 Å². The van der Waals surface area contributed by atoms with E-state index >= 15 is 0 Å². The second kappa shape index (κ2) is 5.73. The number of methoxy groups -OCH3 is 1. The maximum absolute atomic E-state index is 5.48. The second-order valence-corrected chi connectivity index (χ2v) is 7.43. The maximum atomic E-state index is 5.48. The van der Waals surface area contributed by atoms with Crippen LogP contribution in [0.2, 0.25) is 11.6 Å². The minimum absolute atomic E-state index is 0.363. The molecule has 0 saturated carbocycles. The molecule has 0 heterocycles. The Morgan fingerprint density at radius 3 is 2.17 bits per heavy atom. The Bertz CT molecular complexity index is 110. The largest absolute Gasteiger partial charge is 0.383 e. The standard InChI is InChI=1S/C9H21O2Si/c1-9(2,3)12(5)8-11-7-6-10-4/h6-8H2,1-5H3. The van der Waals surface area contributed by atoms with E-state index in [1.165, 1.54) is 0 Å². The van der Waals surface area contributed by atoms with Gasteiger partial charge in [-0.2, -0.15) is 0 Å². The van der Waals surface area contributed by atoms with E-state index in [4.69, 9.17) is 9.47 Å². The monoisotopic (exact) mass is 189 g/mol. The predicted octanol–water partition coefficient (Wildman–Crippen LogP) is 2.11. The van der Waals surface area contributed by atoms with Crippen LogP contribution in [0.5, 0.6) is 0 Å². The molecule has 0 bridgehead atoms. The second-order valence-electron chi connectivity index (χ2n) is 4.08. The fourth-order valence-electron chi connectivity index (χ4n) is 0.584. The lowest BCUT2D eigenvalue weighted by Crippen LogP contribution is -2.28. The summed E-state index contributed by atoms with van der Waals surface area (Å²) in [6.07, 6.45) is 0.928. The summed E-state index contributed by atoms with van der Waals surface area (Å²) in [5.41, 5.74) is 0. The lowest BCUT2D eigenvalue weighted by atomic mass is 10.2. The minimum Gasteiger partial charge on any atom is -0.383 e. The molecule has 0 N–H and O–H groups in total. The van der Waals surface area contributed by atoms with Gasteiger partial charge in [-0.25, -0.2) is 0 Å². The fourth-order valence-corrected chi connectivity index (χ4v) is 1.47. The van der Waals surface area contributed by atoms with Crippen LogP contribution in [0.25, 0.3) is 0 Å². The number of hydrogen-bond acceptors (Lipinski definition) is 2. The highest BCUT2D eigenvalue weighted by molar-refractivity contribution is 6.60. The topological polar surface area (TPSA) is 18.5 Å². The molecule has 0 aliphatic carbocycles. The molecule has 3 heteroatoms. The summed E-state index contributed by atoms with van der Waals surface area (Å²) in [7, 11) is 1.34. The average molecular weight is 189 g/mol. The Labute approximate surface area is 77.9 Å². The van der Waals surface area contributed by atoms with Gasteiger partial charge in [0.1, 0.15) is 0 Å². The van der Waals surface area contributed by atoms with Crippen LogP contribution in [0.4, 0.5) is 0 Å². The van der Waals surface area contributed by atoms with E-state index in [0.29, 0.717) is 11.6 Å². The average Bonchev–Trinajstić information content (AvgIpc) is 1.96. The van der Waals surface area contributed by atoms with Gasteiger partial charge < -0.3 is 9.47 Å². The zero-order valence-electron chi connectivity index (χ0n) is 8.94. The first-order chi connectivity index (χ1) is 5.48. The van der Waals surface area contributed by atoms with E-state index in [1.807, 2.05) is 0 Å². The van der Waals surface area contributed by atoms with Gasteiger partial charge in [-0.05, 0) is 5.04 Å². The van der Waals surface area contributed by atoms with Crippen molar-refractivity contribution in [3.63, 3.8) is 0 Å². The molecule has 0 aromatic rings. The molecule has 2 nitrogen and oxygen atoms in total. The van der Waals surface area contributed by atoms with Crippen molar-refractivity contribution in [1.29, 1.82) is 0 Å². The maximum Gasteiger partial charge on any atom is 0.0830 e. The van der Waals surface area contributed by atoms with Crippen LogP contribution in [-0.4, -0.2) is 35.4 Å². The van der Waals surface area contributed by atoms with Crippen molar-refractivity contribution >= 4 is 8.80 Å². The van der Waals surface area contributed by atoms with Crippen LogP contribution in [-0.2, 0) is 9.47 Å². The molecular formula is C9H21O2Si. The van der Waals surface area contributed by atoms with Crippen molar-refractivity contribution in [2.24, 2.45) is 0 Å². The van der Waals surface area contributed by atoms with Gasteiger partial charge in [0.05, 0.1) is 22.0 Å². The van der Waals surface area contributed by atoms with Crippen LogP contribution in [0.15, 0.2) is 0 Å². The van der Waals surface area contributed by atoms with E-state index in [-0.39, 0.29) is 8.80 Å². The summed E-state index contributed by atoms with van der Waals surface area (Å²) in [4.78, 5) is 0. The minimum atomic E-state index is -0.363. The third-order valence-electron chi connectivity index (χ3n) is 2.03. The van der Waals surface area contributed by atoms with Crippen LogP contribution in [0.1, 0.15) is 20.8 Å². The first kappa shape index (κ1) is 12.1. The number of ether oxygens (including phenoxy) is 2. The molecule has 0 saturated heterocycles. The predicted molar refractivity (Wildman–Crippen MR) is 54.0 cm³/mol. The Kier molecular flexibility index (Phi) is 5.79. The molecule has 0 fully saturated rings. The summed E-state index contributed by atoms with van der Waals surface area (Å²) in [6.45, 7) is 10.6. The molecule has 0 unspecified atom stereocenters. The lowest BCUT2D eigenvalue weighted by Gasteiger charge is -2.25. The van der Waals surface area contributed by atoms with Crippen molar-refractivity contribution in [1.82, 2.24) is 0 Å². The molecule has 0 amide bonds. The van der Waals surface area contributed by atoms with Crippen molar-refractivity contribution in [2.45, 2.75) is 32.4 Å². The van der Waals surface area contributed by atoms with Gasteiger partial charge in [0.15, 0.2) is 0 Å². The lowest BCUT2D eigenvalue weighted by molar-refractivity contribution is 0.0908. The quantitative estimate of drug-likeness (QED) is 0.487. The summed E-state index contributed by atoms with van der Waals surface area (Å²) >= 11 is 0. The SMILES string of the molecule is COCCOC[Si](C)C(C)(C)C. The van der Waals surface area contributed by atoms with E-state index in [2.05, 4.69) is 27.3 Å². The van der Waals surface area contributed by atoms with Gasteiger partial charge in [-0.15, -0.1) is 0 Å². The summed E-state index contributed by atoms with van der Waals surface area (Å²) < 4.78 is 10.4. The molecule has 12 heavy (non-hydrogen) atoms. The van der Waals surface area contributed by atoms with E-state index in [0.717, 1.165) is 12.8 Å². The Morgan fingerprint density at radius 1 is 1.17 bits per heavy atom. The third kappa shape index (κ3) is 5.74. The molecule has 0 spiro atoms. The normalized spacial score (nSPS) is 12.5. The Hall–Kier alpha value is 0.137. The first-order valence-electron chi connectivity index (χ1n) is 4.38. The molecule has 73 valence electrons. The number of rotatable bonds is 5. The molecule has 0 aliphatic rings. The highest BCUT2D eigenvalue weighted by Gasteiger charge is 2.21. The van der Waals surface area contributed by atoms with Gasteiger partial charge in [-0.3, -0.25) is 0 Å². The smallest absolute Gasteiger partial charge is 0.0830 e. The summed E-state index contributed by atoms with van der Waals surface area (Å²) in [5, 5.41) is 0.442. The summed E-state index contributed by atoms with van der Waals surface area (Å²) in [5.74, 6) is 0. The first-order valence-corrected chi connectivity index (χ1v) is 6.58. The van der Waals surface area contributed by atoms with Gasteiger partial charge in [0.25, 0.3) is 0 Å². The van der Waals surface area contributed by atoms with Crippen LogP contribution in [0.3, 0.4) is 0 Å². The molecular weight excluding hydrogens is 168 g/mol. The highest BCUT2D eigenvalue weighted by atomic mass is 28.3. The Morgan fingerprint density at radius 2 is 1.75 bits per heavy atom. The van der Waals surface area contributed by atoms with Crippen molar-refractivity contribution < 1.29 is 9.47 Å². The van der Waals surface area contributed by atoms with Gasteiger partial charge in [0, 0.05) is 13.3 Å². The molecule has 0 aromatic heterocycles. The summed E-state index contributed by atoms with van der Waals surface area (Å²) in [6, 6.07) is 0. The van der Waals surface area contributed by atoms with Gasteiger partial charge in [0.2, 0.25) is 0 Å². The van der Waals surface area contributed by atoms with Gasteiger partial charge >= 0.3 is 0 Å². The zero-order valence-corrected chi connectivity index (χ0v) is 9.94. The van der Waals surface area contributed by atoms with Crippen molar-refractivity contribution in [2.75, 3.05) is 26.6 Å². The molecule has 0 aromatic carbocycles. The zero-order chi connectivity index (χ0) is 9.61. The van der Waals surface area contributed by atoms with Crippen molar-refractivity contribution in [3.05, 3.63) is 0 Å². The Balaban J connectivity index is 3.38. The van der Waals surface area contributed by atoms with Gasteiger partial charge in [-0.1, -0.05) is 27.3 Å². The van der Waals surface area contributed by atoms with E-state index in [1.54, 1.807) is 7.11 Å². The molecule has 0 aliphatic heterocycles. The van der Waals surface area contributed by atoms with E-state index in [9.17, 15) is 0 Å². The molecule has 0 atom stereocenters. The van der Waals surface area contributed by atoms with Crippen LogP contribution >= 0.6 is 0 Å².